The standard InChI is InChI=1S/C14H19F2N3O/c1-18-5-6-19(9-11(7-18)14(17)20)8-10-3-2-4-12(15)13(10)16/h2-4,11H,5-9H2,1H3,(H2,17,20). The van der Waals surface area contributed by atoms with E-state index in [-0.39, 0.29) is 18.4 Å². The van der Waals surface area contributed by atoms with E-state index in [2.05, 4.69) is 0 Å². The lowest BCUT2D eigenvalue weighted by atomic mass is 10.1. The molecular weight excluding hydrogens is 264 g/mol. The van der Waals surface area contributed by atoms with Gasteiger partial charge in [-0.15, -0.1) is 0 Å². The Morgan fingerprint density at radius 3 is 2.80 bits per heavy atom. The molecule has 0 bridgehead atoms. The Morgan fingerprint density at radius 1 is 1.35 bits per heavy atom. The lowest BCUT2D eigenvalue weighted by Gasteiger charge is -2.22. The molecule has 110 valence electrons. The first-order valence-electron chi connectivity index (χ1n) is 6.60. The van der Waals surface area contributed by atoms with E-state index in [0.717, 1.165) is 12.6 Å². The average Bonchev–Trinajstić information content (AvgIpc) is 2.57. The normalized spacial score (nSPS) is 21.6. The van der Waals surface area contributed by atoms with Gasteiger partial charge in [0.1, 0.15) is 0 Å². The van der Waals surface area contributed by atoms with Crippen molar-refractivity contribution in [3.63, 3.8) is 0 Å². The molecule has 0 aromatic heterocycles. The Balaban J connectivity index is 2.11. The summed E-state index contributed by atoms with van der Waals surface area (Å²) in [6, 6.07) is 4.15. The van der Waals surface area contributed by atoms with E-state index in [1.165, 1.54) is 6.07 Å². The molecule has 1 aliphatic rings. The fraction of sp³-hybridized carbons (Fsp3) is 0.500. The largest absolute Gasteiger partial charge is 0.369 e. The van der Waals surface area contributed by atoms with Crippen LogP contribution in [0.4, 0.5) is 8.78 Å². The van der Waals surface area contributed by atoms with Crippen molar-refractivity contribution in [2.24, 2.45) is 11.7 Å². The monoisotopic (exact) mass is 283 g/mol. The maximum absolute atomic E-state index is 13.7. The van der Waals surface area contributed by atoms with Gasteiger partial charge in [-0.05, 0) is 13.1 Å². The van der Waals surface area contributed by atoms with Crippen LogP contribution in [0.1, 0.15) is 5.56 Å². The molecule has 1 amide bonds. The van der Waals surface area contributed by atoms with E-state index in [1.807, 2.05) is 16.8 Å². The van der Waals surface area contributed by atoms with Crippen molar-refractivity contribution in [2.75, 3.05) is 33.2 Å². The zero-order chi connectivity index (χ0) is 14.7. The zero-order valence-corrected chi connectivity index (χ0v) is 11.5. The minimum Gasteiger partial charge on any atom is -0.369 e. The van der Waals surface area contributed by atoms with E-state index in [4.69, 9.17) is 5.73 Å². The number of carbonyl (C=O) groups is 1. The molecule has 1 unspecified atom stereocenters. The summed E-state index contributed by atoms with van der Waals surface area (Å²) in [7, 11) is 1.92. The van der Waals surface area contributed by atoms with Gasteiger partial charge in [0, 0.05) is 38.3 Å². The molecule has 0 saturated carbocycles. The summed E-state index contributed by atoms with van der Waals surface area (Å²) in [5.41, 5.74) is 5.69. The molecule has 1 heterocycles. The fourth-order valence-electron chi connectivity index (χ4n) is 2.48. The number of likely N-dealkylation sites (N-methyl/N-ethyl adjacent to an activating group) is 1. The smallest absolute Gasteiger partial charge is 0.223 e. The van der Waals surface area contributed by atoms with E-state index >= 15 is 0 Å². The van der Waals surface area contributed by atoms with Crippen molar-refractivity contribution < 1.29 is 13.6 Å². The quantitative estimate of drug-likeness (QED) is 0.893. The minimum absolute atomic E-state index is 0.279. The highest BCUT2D eigenvalue weighted by Crippen LogP contribution is 2.16. The van der Waals surface area contributed by atoms with Crippen LogP contribution in [-0.4, -0.2) is 48.9 Å². The van der Waals surface area contributed by atoms with Crippen LogP contribution in [0.5, 0.6) is 0 Å². The van der Waals surface area contributed by atoms with Crippen molar-refractivity contribution >= 4 is 5.91 Å². The second-order valence-corrected chi connectivity index (χ2v) is 5.31. The number of benzene rings is 1. The number of nitrogens with zero attached hydrogens (tertiary/aromatic N) is 2. The average molecular weight is 283 g/mol. The lowest BCUT2D eigenvalue weighted by molar-refractivity contribution is -0.122. The van der Waals surface area contributed by atoms with Gasteiger partial charge in [-0.1, -0.05) is 12.1 Å². The van der Waals surface area contributed by atoms with Gasteiger partial charge in [-0.2, -0.15) is 0 Å². The van der Waals surface area contributed by atoms with Gasteiger partial charge in [-0.3, -0.25) is 9.69 Å². The predicted octanol–water partition coefficient (Wildman–Crippen LogP) is 0.814. The maximum atomic E-state index is 13.7. The van der Waals surface area contributed by atoms with Crippen molar-refractivity contribution in [1.29, 1.82) is 0 Å². The van der Waals surface area contributed by atoms with Gasteiger partial charge >= 0.3 is 0 Å². The summed E-state index contributed by atoms with van der Waals surface area (Å²) < 4.78 is 26.9. The molecule has 1 saturated heterocycles. The highest BCUT2D eigenvalue weighted by molar-refractivity contribution is 5.77. The summed E-state index contributed by atoms with van der Waals surface area (Å²) in [5.74, 6) is -2.32. The van der Waals surface area contributed by atoms with Gasteiger partial charge in [0.2, 0.25) is 5.91 Å². The van der Waals surface area contributed by atoms with Gasteiger partial charge in [0.15, 0.2) is 11.6 Å². The lowest BCUT2D eigenvalue weighted by Crippen LogP contribution is -2.37. The molecular formula is C14H19F2N3O. The highest BCUT2D eigenvalue weighted by Gasteiger charge is 2.25. The SMILES string of the molecule is CN1CCN(Cc2cccc(F)c2F)CC(C(N)=O)C1. The Labute approximate surface area is 117 Å². The highest BCUT2D eigenvalue weighted by atomic mass is 19.2. The topological polar surface area (TPSA) is 49.6 Å². The summed E-state index contributed by atoms with van der Waals surface area (Å²) in [5, 5.41) is 0. The molecule has 1 fully saturated rings. The van der Waals surface area contributed by atoms with Crippen LogP contribution in [0.3, 0.4) is 0 Å². The summed E-state index contributed by atoms with van der Waals surface area (Å²) in [6.45, 7) is 2.80. The Hall–Kier alpha value is -1.53. The van der Waals surface area contributed by atoms with Crippen LogP contribution >= 0.6 is 0 Å². The van der Waals surface area contributed by atoms with Gasteiger partial charge in [-0.25, -0.2) is 8.78 Å². The van der Waals surface area contributed by atoms with Crippen molar-refractivity contribution in [3.05, 3.63) is 35.4 Å². The second-order valence-electron chi connectivity index (χ2n) is 5.31. The fourth-order valence-corrected chi connectivity index (χ4v) is 2.48. The number of carbonyl (C=O) groups excluding carboxylic acids is 1. The van der Waals surface area contributed by atoms with E-state index in [0.29, 0.717) is 25.2 Å². The Kier molecular flexibility index (Phi) is 4.67. The molecule has 6 heteroatoms. The molecule has 2 rings (SSSR count). The summed E-state index contributed by atoms with van der Waals surface area (Å²) >= 11 is 0. The molecule has 1 atom stereocenters. The van der Waals surface area contributed by atoms with Crippen molar-refractivity contribution in [1.82, 2.24) is 9.80 Å². The van der Waals surface area contributed by atoms with E-state index in [1.54, 1.807) is 6.07 Å². The maximum Gasteiger partial charge on any atom is 0.223 e. The second kappa shape index (κ2) is 6.28. The molecule has 0 radical (unpaired) electrons. The summed E-state index contributed by atoms with van der Waals surface area (Å²) in [4.78, 5) is 15.4. The van der Waals surface area contributed by atoms with Crippen LogP contribution in [0.2, 0.25) is 0 Å². The number of hydrogen-bond acceptors (Lipinski definition) is 3. The van der Waals surface area contributed by atoms with Crippen LogP contribution in [0.25, 0.3) is 0 Å². The third kappa shape index (κ3) is 3.52. The number of halogens is 2. The minimum atomic E-state index is -0.846. The molecule has 20 heavy (non-hydrogen) atoms. The number of hydrogen-bond donors (Lipinski definition) is 1. The summed E-state index contributed by atoms with van der Waals surface area (Å²) in [6.07, 6.45) is 0. The number of amides is 1. The number of nitrogens with two attached hydrogens (primary N) is 1. The van der Waals surface area contributed by atoms with E-state index in [9.17, 15) is 13.6 Å². The number of rotatable bonds is 3. The van der Waals surface area contributed by atoms with Crippen LogP contribution in [0.15, 0.2) is 18.2 Å². The van der Waals surface area contributed by atoms with Crippen LogP contribution in [-0.2, 0) is 11.3 Å². The van der Waals surface area contributed by atoms with Gasteiger partial charge in [0.05, 0.1) is 5.92 Å². The molecule has 4 nitrogen and oxygen atoms in total. The van der Waals surface area contributed by atoms with Crippen molar-refractivity contribution in [2.45, 2.75) is 6.54 Å². The molecule has 1 aliphatic heterocycles. The molecule has 0 aliphatic carbocycles. The number of primary amides is 1. The van der Waals surface area contributed by atoms with Crippen LogP contribution in [0, 0.1) is 17.6 Å². The van der Waals surface area contributed by atoms with Crippen molar-refractivity contribution in [3.8, 4) is 0 Å². The molecule has 1 aromatic rings. The van der Waals surface area contributed by atoms with Crippen LogP contribution < -0.4 is 5.73 Å². The third-order valence-corrected chi connectivity index (χ3v) is 3.64. The first-order valence-corrected chi connectivity index (χ1v) is 6.60. The molecule has 1 aromatic carbocycles. The molecule has 0 spiro atoms. The Bertz CT molecular complexity index is 495. The first-order chi connectivity index (χ1) is 9.47. The van der Waals surface area contributed by atoms with Gasteiger partial charge < -0.3 is 10.6 Å². The predicted molar refractivity (Wildman–Crippen MR) is 71.8 cm³/mol. The molecule has 2 N–H and O–H groups in total. The first kappa shape index (κ1) is 14.9. The third-order valence-electron chi connectivity index (χ3n) is 3.64. The Morgan fingerprint density at radius 2 is 2.10 bits per heavy atom. The van der Waals surface area contributed by atoms with Gasteiger partial charge in [0.25, 0.3) is 0 Å². The zero-order valence-electron chi connectivity index (χ0n) is 11.5. The van der Waals surface area contributed by atoms with E-state index < -0.39 is 11.6 Å².